The van der Waals surface area contributed by atoms with Crippen LogP contribution in [-0.2, 0) is 17.8 Å². The summed E-state index contributed by atoms with van der Waals surface area (Å²) < 4.78 is 5.51. The molecule has 3 heterocycles. The minimum absolute atomic E-state index is 0.0149. The van der Waals surface area contributed by atoms with Crippen LogP contribution in [0.25, 0.3) is 0 Å². The SMILES string of the molecule is COc1cc(NC(=O)NCc2cccnc2)ccc1Nc1ncc(Cl)c(Nc2ccc3c(c2)CCC(=O)N3)n1. The molecule has 3 amide bonds. The van der Waals surface area contributed by atoms with E-state index in [-0.39, 0.29) is 11.9 Å². The molecular formula is C27H25ClN8O3. The van der Waals surface area contributed by atoms with Crippen LogP contribution in [0.2, 0.25) is 5.02 Å². The highest BCUT2D eigenvalue weighted by molar-refractivity contribution is 6.32. The maximum absolute atomic E-state index is 12.3. The number of carbonyl (C=O) groups is 2. The maximum Gasteiger partial charge on any atom is 0.319 e. The van der Waals surface area contributed by atoms with Crippen LogP contribution in [0.4, 0.5) is 39.3 Å². The minimum Gasteiger partial charge on any atom is -0.494 e. The summed E-state index contributed by atoms with van der Waals surface area (Å²) in [5.74, 6) is 1.20. The number of fused-ring (bicyclic) bond motifs is 1. The second kappa shape index (κ2) is 11.7. The molecular weight excluding hydrogens is 520 g/mol. The molecule has 0 atom stereocenters. The summed E-state index contributed by atoms with van der Waals surface area (Å²) in [6.07, 6.45) is 5.97. The Labute approximate surface area is 229 Å². The zero-order valence-corrected chi connectivity index (χ0v) is 21.7. The van der Waals surface area contributed by atoms with Crippen LogP contribution in [0.3, 0.4) is 0 Å². The molecule has 2 aromatic carbocycles. The van der Waals surface area contributed by atoms with Crippen LogP contribution < -0.4 is 31.3 Å². The van der Waals surface area contributed by atoms with Gasteiger partial charge >= 0.3 is 6.03 Å². The third-order valence-corrected chi connectivity index (χ3v) is 6.17. The van der Waals surface area contributed by atoms with Crippen LogP contribution in [0.1, 0.15) is 17.5 Å². The largest absolute Gasteiger partial charge is 0.494 e. The van der Waals surface area contributed by atoms with Gasteiger partial charge in [-0.2, -0.15) is 4.98 Å². The minimum atomic E-state index is -0.358. The lowest BCUT2D eigenvalue weighted by molar-refractivity contribution is -0.116. The van der Waals surface area contributed by atoms with Gasteiger partial charge in [0.1, 0.15) is 10.8 Å². The van der Waals surface area contributed by atoms with Crippen molar-refractivity contribution < 1.29 is 14.3 Å². The van der Waals surface area contributed by atoms with E-state index in [1.807, 2.05) is 30.3 Å². The number of amides is 3. The zero-order valence-electron chi connectivity index (χ0n) is 20.9. The monoisotopic (exact) mass is 544 g/mol. The summed E-state index contributed by atoms with van der Waals surface area (Å²) in [6, 6.07) is 14.2. The molecule has 1 aliphatic rings. The van der Waals surface area contributed by atoms with E-state index in [1.165, 1.54) is 13.3 Å². The molecule has 0 bridgehead atoms. The first-order valence-electron chi connectivity index (χ1n) is 12.1. The summed E-state index contributed by atoms with van der Waals surface area (Å²) in [5.41, 5.74) is 4.66. The third-order valence-electron chi connectivity index (χ3n) is 5.89. The second-order valence-corrected chi connectivity index (χ2v) is 9.05. The predicted molar refractivity (Wildman–Crippen MR) is 150 cm³/mol. The number of aromatic nitrogens is 3. The van der Waals surface area contributed by atoms with E-state index in [1.54, 1.807) is 30.6 Å². The first-order chi connectivity index (χ1) is 19.0. The van der Waals surface area contributed by atoms with Crippen molar-refractivity contribution in [3.05, 3.63) is 83.3 Å². The van der Waals surface area contributed by atoms with Crippen LogP contribution in [-0.4, -0.2) is 34.0 Å². The first kappa shape index (κ1) is 25.7. The Morgan fingerprint density at radius 2 is 1.95 bits per heavy atom. The van der Waals surface area contributed by atoms with Crippen molar-refractivity contribution in [1.82, 2.24) is 20.3 Å². The number of ether oxygens (including phenoxy) is 1. The molecule has 5 N–H and O–H groups in total. The molecule has 0 fully saturated rings. The molecule has 2 aromatic heterocycles. The fourth-order valence-electron chi connectivity index (χ4n) is 3.97. The van der Waals surface area contributed by atoms with E-state index < -0.39 is 0 Å². The maximum atomic E-state index is 12.3. The fraction of sp³-hybridized carbons (Fsp3) is 0.148. The zero-order chi connectivity index (χ0) is 27.2. The normalized spacial score (nSPS) is 12.1. The van der Waals surface area contributed by atoms with Gasteiger partial charge in [-0.05, 0) is 53.9 Å². The molecule has 39 heavy (non-hydrogen) atoms. The van der Waals surface area contributed by atoms with Gasteiger partial charge in [-0.25, -0.2) is 9.78 Å². The van der Waals surface area contributed by atoms with Crippen LogP contribution in [0, 0.1) is 0 Å². The standard InChI is InChI=1S/C27H25ClN8O3/c1-39-23-12-19(33-27(38)31-14-16-3-2-10-29-13-16)6-8-22(23)35-26-30-15-20(28)25(36-26)32-18-5-7-21-17(11-18)4-9-24(37)34-21/h2-3,5-8,10-13,15H,4,9,14H2,1H3,(H,34,37)(H2,31,33,38)(H2,30,32,35,36). The number of methoxy groups -OCH3 is 1. The number of carbonyl (C=O) groups excluding carboxylic acids is 2. The number of aryl methyl sites for hydroxylation is 1. The highest BCUT2D eigenvalue weighted by Crippen LogP contribution is 2.32. The van der Waals surface area contributed by atoms with Crippen molar-refractivity contribution in [3.8, 4) is 5.75 Å². The lowest BCUT2D eigenvalue weighted by Gasteiger charge is -2.18. The molecule has 0 spiro atoms. The molecule has 198 valence electrons. The average molecular weight is 545 g/mol. The summed E-state index contributed by atoms with van der Waals surface area (Å²) in [7, 11) is 1.53. The molecule has 12 heteroatoms. The van der Waals surface area contributed by atoms with Gasteiger partial charge in [-0.15, -0.1) is 0 Å². The highest BCUT2D eigenvalue weighted by Gasteiger charge is 2.16. The number of rotatable bonds is 8. The van der Waals surface area contributed by atoms with Crippen molar-refractivity contribution in [1.29, 1.82) is 0 Å². The van der Waals surface area contributed by atoms with Gasteiger partial charge in [0.15, 0.2) is 5.82 Å². The van der Waals surface area contributed by atoms with E-state index in [4.69, 9.17) is 16.3 Å². The van der Waals surface area contributed by atoms with Crippen LogP contribution in [0.5, 0.6) is 5.75 Å². The lowest BCUT2D eigenvalue weighted by Crippen LogP contribution is -2.28. The Hall–Kier alpha value is -4.90. The topological polar surface area (TPSA) is 142 Å². The van der Waals surface area contributed by atoms with E-state index in [0.717, 1.165) is 22.5 Å². The van der Waals surface area contributed by atoms with Crippen LogP contribution in [0.15, 0.2) is 67.1 Å². The van der Waals surface area contributed by atoms with Crippen molar-refractivity contribution in [2.24, 2.45) is 0 Å². The molecule has 1 aliphatic heterocycles. The number of anilines is 6. The van der Waals surface area contributed by atoms with E-state index in [0.29, 0.717) is 53.3 Å². The third kappa shape index (κ3) is 6.51. The molecule has 0 saturated carbocycles. The number of benzene rings is 2. The fourth-order valence-corrected chi connectivity index (χ4v) is 4.10. The summed E-state index contributed by atoms with van der Waals surface area (Å²) >= 11 is 6.36. The molecule has 0 aliphatic carbocycles. The highest BCUT2D eigenvalue weighted by atomic mass is 35.5. The quantitative estimate of drug-likeness (QED) is 0.203. The van der Waals surface area contributed by atoms with Gasteiger partial charge < -0.3 is 31.3 Å². The van der Waals surface area contributed by atoms with Crippen LogP contribution >= 0.6 is 11.6 Å². The Morgan fingerprint density at radius 3 is 2.77 bits per heavy atom. The van der Waals surface area contributed by atoms with Gasteiger partial charge in [0.2, 0.25) is 11.9 Å². The van der Waals surface area contributed by atoms with E-state index in [2.05, 4.69) is 41.5 Å². The second-order valence-electron chi connectivity index (χ2n) is 8.64. The summed E-state index contributed by atoms with van der Waals surface area (Å²) in [4.78, 5) is 36.8. The Morgan fingerprint density at radius 1 is 1.08 bits per heavy atom. The van der Waals surface area contributed by atoms with Gasteiger partial charge in [-0.1, -0.05) is 17.7 Å². The molecule has 11 nitrogen and oxygen atoms in total. The molecule has 5 rings (SSSR count). The number of urea groups is 1. The average Bonchev–Trinajstić information content (AvgIpc) is 2.95. The summed E-state index contributed by atoms with van der Waals surface area (Å²) in [5, 5.41) is 15.1. The number of halogens is 1. The number of hydrogen-bond donors (Lipinski definition) is 5. The lowest BCUT2D eigenvalue weighted by atomic mass is 10.0. The number of hydrogen-bond acceptors (Lipinski definition) is 8. The first-order valence-corrected chi connectivity index (χ1v) is 12.5. The van der Waals surface area contributed by atoms with Gasteiger partial charge in [0.25, 0.3) is 0 Å². The van der Waals surface area contributed by atoms with E-state index >= 15 is 0 Å². The van der Waals surface area contributed by atoms with Crippen molar-refractivity contribution in [3.63, 3.8) is 0 Å². The van der Waals surface area contributed by atoms with Crippen molar-refractivity contribution in [2.75, 3.05) is 28.4 Å². The molecule has 4 aromatic rings. The Bertz CT molecular complexity index is 1520. The number of nitrogens with zero attached hydrogens (tertiary/aromatic N) is 3. The molecule has 0 saturated heterocycles. The van der Waals surface area contributed by atoms with Gasteiger partial charge in [0.05, 0.1) is 19.0 Å². The van der Waals surface area contributed by atoms with Gasteiger partial charge in [-0.3, -0.25) is 9.78 Å². The summed E-state index contributed by atoms with van der Waals surface area (Å²) in [6.45, 7) is 0.350. The Kier molecular flexibility index (Phi) is 7.69. The Balaban J connectivity index is 1.25. The number of nitrogens with one attached hydrogen (secondary N) is 5. The van der Waals surface area contributed by atoms with Gasteiger partial charge in [0, 0.05) is 48.5 Å². The van der Waals surface area contributed by atoms with Crippen molar-refractivity contribution >= 4 is 58.1 Å². The molecule has 0 radical (unpaired) electrons. The van der Waals surface area contributed by atoms with E-state index in [9.17, 15) is 9.59 Å². The van der Waals surface area contributed by atoms with Crippen molar-refractivity contribution in [2.45, 2.75) is 19.4 Å². The smallest absolute Gasteiger partial charge is 0.319 e. The predicted octanol–water partition coefficient (Wildman–Crippen LogP) is 5.23. The number of pyridine rings is 1. The molecule has 0 unspecified atom stereocenters.